The van der Waals surface area contributed by atoms with Gasteiger partial charge in [0.1, 0.15) is 0 Å². The molecule has 98 valence electrons. The van der Waals surface area contributed by atoms with Crippen LogP contribution >= 0.6 is 0 Å². The van der Waals surface area contributed by atoms with Crippen molar-refractivity contribution < 1.29 is 10.2 Å². The third-order valence-electron chi connectivity index (χ3n) is 5.20. The molecule has 0 heterocycles. The van der Waals surface area contributed by atoms with Crippen LogP contribution in [-0.4, -0.2) is 22.4 Å². The van der Waals surface area contributed by atoms with E-state index in [-0.39, 0.29) is 6.61 Å². The fraction of sp³-hybridized carbons (Fsp3) is 0.867. The van der Waals surface area contributed by atoms with Gasteiger partial charge in [0.05, 0.1) is 12.2 Å². The lowest BCUT2D eigenvalue weighted by atomic mass is 9.84. The number of allylic oxidation sites excluding steroid dienone is 2. The maximum absolute atomic E-state index is 10.3. The Bertz CT molecular complexity index is 319. The average molecular weight is 238 g/mol. The Hall–Kier alpha value is -0.340. The molecule has 2 fully saturated rings. The monoisotopic (exact) mass is 238 g/mol. The SMILES string of the molecule is CC(C)=CCCC(C)C12CCC(O)(CO)C1C2. The zero-order valence-corrected chi connectivity index (χ0v) is 11.4. The number of rotatable bonds is 5. The van der Waals surface area contributed by atoms with Crippen LogP contribution in [0.25, 0.3) is 0 Å². The van der Waals surface area contributed by atoms with E-state index in [1.165, 1.54) is 12.0 Å². The van der Waals surface area contributed by atoms with Gasteiger partial charge in [0, 0.05) is 0 Å². The van der Waals surface area contributed by atoms with E-state index in [9.17, 15) is 10.2 Å². The first-order valence-corrected chi connectivity index (χ1v) is 6.91. The summed E-state index contributed by atoms with van der Waals surface area (Å²) >= 11 is 0. The summed E-state index contributed by atoms with van der Waals surface area (Å²) in [5.41, 5.74) is 0.984. The lowest BCUT2D eigenvalue weighted by molar-refractivity contribution is -0.0282. The van der Waals surface area contributed by atoms with Gasteiger partial charge in [-0.05, 0) is 63.2 Å². The average Bonchev–Trinajstić information content (AvgIpc) is 2.96. The van der Waals surface area contributed by atoms with Gasteiger partial charge in [-0.1, -0.05) is 18.6 Å². The molecule has 0 spiro atoms. The Morgan fingerprint density at radius 2 is 2.12 bits per heavy atom. The molecule has 0 bridgehead atoms. The lowest BCUT2D eigenvalue weighted by Crippen LogP contribution is -2.33. The van der Waals surface area contributed by atoms with E-state index < -0.39 is 5.60 Å². The maximum Gasteiger partial charge on any atom is 0.0911 e. The van der Waals surface area contributed by atoms with Crippen molar-refractivity contribution in [3.8, 4) is 0 Å². The molecule has 2 aliphatic rings. The summed E-state index contributed by atoms with van der Waals surface area (Å²) in [6, 6.07) is 0. The molecule has 2 heteroatoms. The molecule has 2 N–H and O–H groups in total. The quantitative estimate of drug-likeness (QED) is 0.723. The minimum absolute atomic E-state index is 0.0554. The summed E-state index contributed by atoms with van der Waals surface area (Å²) in [4.78, 5) is 0. The summed E-state index contributed by atoms with van der Waals surface area (Å²) in [5.74, 6) is 1.03. The van der Waals surface area contributed by atoms with Crippen molar-refractivity contribution in [2.75, 3.05) is 6.61 Å². The summed E-state index contributed by atoms with van der Waals surface area (Å²) in [6.45, 7) is 6.55. The van der Waals surface area contributed by atoms with Gasteiger partial charge in [-0.2, -0.15) is 0 Å². The molecule has 2 rings (SSSR count). The zero-order chi connectivity index (χ0) is 12.7. The van der Waals surface area contributed by atoms with E-state index in [0.29, 0.717) is 17.3 Å². The van der Waals surface area contributed by atoms with Crippen LogP contribution in [0.15, 0.2) is 11.6 Å². The number of hydrogen-bond donors (Lipinski definition) is 2. The van der Waals surface area contributed by atoms with E-state index in [1.54, 1.807) is 0 Å². The Morgan fingerprint density at radius 1 is 1.41 bits per heavy atom. The van der Waals surface area contributed by atoms with Crippen molar-refractivity contribution in [3.05, 3.63) is 11.6 Å². The largest absolute Gasteiger partial charge is 0.393 e. The van der Waals surface area contributed by atoms with Crippen LogP contribution in [0.5, 0.6) is 0 Å². The van der Waals surface area contributed by atoms with Gasteiger partial charge in [-0.25, -0.2) is 0 Å². The molecule has 2 saturated carbocycles. The predicted molar refractivity (Wildman–Crippen MR) is 69.6 cm³/mol. The Kier molecular flexibility index (Phi) is 3.39. The highest BCUT2D eigenvalue weighted by atomic mass is 16.3. The van der Waals surface area contributed by atoms with Crippen LogP contribution < -0.4 is 0 Å². The maximum atomic E-state index is 10.3. The second-order valence-corrected chi connectivity index (χ2v) is 6.51. The molecular formula is C15H26O2. The van der Waals surface area contributed by atoms with Crippen molar-refractivity contribution in [1.29, 1.82) is 0 Å². The minimum Gasteiger partial charge on any atom is -0.393 e. The van der Waals surface area contributed by atoms with Gasteiger partial charge >= 0.3 is 0 Å². The van der Waals surface area contributed by atoms with Crippen molar-refractivity contribution in [2.24, 2.45) is 17.3 Å². The molecule has 2 nitrogen and oxygen atoms in total. The van der Waals surface area contributed by atoms with Crippen molar-refractivity contribution >= 4 is 0 Å². The summed E-state index contributed by atoms with van der Waals surface area (Å²) in [5, 5.41) is 19.6. The van der Waals surface area contributed by atoms with E-state index in [2.05, 4.69) is 26.8 Å². The molecule has 0 aliphatic heterocycles. The summed E-state index contributed by atoms with van der Waals surface area (Å²) in [6.07, 6.45) is 7.68. The Labute approximate surface area is 105 Å². The first-order valence-electron chi connectivity index (χ1n) is 6.91. The molecule has 0 aromatic carbocycles. The highest BCUT2D eigenvalue weighted by molar-refractivity contribution is 5.18. The number of fused-ring (bicyclic) bond motifs is 1. The van der Waals surface area contributed by atoms with E-state index in [0.717, 1.165) is 25.7 Å². The fourth-order valence-corrected chi connectivity index (χ4v) is 3.84. The highest BCUT2D eigenvalue weighted by Gasteiger charge is 2.69. The van der Waals surface area contributed by atoms with E-state index in [4.69, 9.17) is 0 Å². The number of hydrogen-bond acceptors (Lipinski definition) is 2. The van der Waals surface area contributed by atoms with E-state index in [1.807, 2.05) is 0 Å². The standard InChI is InChI=1S/C15H26O2/c1-11(2)5-4-6-12(3)14-7-8-15(17,10-16)13(14)9-14/h5,12-13,16-17H,4,6-10H2,1-3H3. The van der Waals surface area contributed by atoms with Crippen LogP contribution in [-0.2, 0) is 0 Å². The van der Waals surface area contributed by atoms with Crippen molar-refractivity contribution in [1.82, 2.24) is 0 Å². The summed E-state index contributed by atoms with van der Waals surface area (Å²) in [7, 11) is 0. The first-order chi connectivity index (χ1) is 7.94. The van der Waals surface area contributed by atoms with Gasteiger partial charge in [0.2, 0.25) is 0 Å². The normalized spacial score (nSPS) is 40.9. The van der Waals surface area contributed by atoms with Crippen molar-refractivity contribution in [3.63, 3.8) is 0 Å². The van der Waals surface area contributed by atoms with Crippen LogP contribution in [0, 0.1) is 17.3 Å². The molecular weight excluding hydrogens is 212 g/mol. The molecule has 0 saturated heterocycles. The minimum atomic E-state index is -0.759. The van der Waals surface area contributed by atoms with Gasteiger partial charge in [-0.3, -0.25) is 0 Å². The number of aliphatic hydroxyl groups excluding tert-OH is 1. The topological polar surface area (TPSA) is 40.5 Å². The van der Waals surface area contributed by atoms with Crippen molar-refractivity contribution in [2.45, 2.75) is 58.5 Å². The smallest absolute Gasteiger partial charge is 0.0911 e. The predicted octanol–water partition coefficient (Wildman–Crippen LogP) is 2.89. The molecule has 17 heavy (non-hydrogen) atoms. The van der Waals surface area contributed by atoms with Crippen LogP contribution in [0.1, 0.15) is 52.9 Å². The first kappa shape index (κ1) is 13.1. The van der Waals surface area contributed by atoms with Crippen LogP contribution in [0.2, 0.25) is 0 Å². The molecule has 2 aliphatic carbocycles. The lowest BCUT2D eigenvalue weighted by Gasteiger charge is -2.21. The fourth-order valence-electron chi connectivity index (χ4n) is 3.84. The van der Waals surface area contributed by atoms with Gasteiger partial charge < -0.3 is 10.2 Å². The molecule has 0 aromatic heterocycles. The molecule has 4 atom stereocenters. The number of aliphatic hydroxyl groups is 2. The highest BCUT2D eigenvalue weighted by Crippen LogP contribution is 2.71. The third kappa shape index (κ3) is 2.17. The van der Waals surface area contributed by atoms with Gasteiger partial charge in [0.15, 0.2) is 0 Å². The molecule has 0 radical (unpaired) electrons. The second-order valence-electron chi connectivity index (χ2n) is 6.51. The van der Waals surface area contributed by atoms with Crippen LogP contribution in [0.3, 0.4) is 0 Å². The van der Waals surface area contributed by atoms with Crippen LogP contribution in [0.4, 0.5) is 0 Å². The third-order valence-corrected chi connectivity index (χ3v) is 5.20. The molecule has 4 unspecified atom stereocenters. The van der Waals surface area contributed by atoms with Gasteiger partial charge in [0.25, 0.3) is 0 Å². The Morgan fingerprint density at radius 3 is 2.59 bits per heavy atom. The second kappa shape index (κ2) is 4.40. The zero-order valence-electron chi connectivity index (χ0n) is 11.4. The van der Waals surface area contributed by atoms with E-state index >= 15 is 0 Å². The Balaban J connectivity index is 1.91. The molecule has 0 aromatic rings. The molecule has 0 amide bonds. The van der Waals surface area contributed by atoms with Gasteiger partial charge in [-0.15, -0.1) is 0 Å². The summed E-state index contributed by atoms with van der Waals surface area (Å²) < 4.78 is 0.